The van der Waals surface area contributed by atoms with Crippen molar-refractivity contribution >= 4 is 45.6 Å². The third-order valence-corrected chi connectivity index (χ3v) is 4.27. The summed E-state index contributed by atoms with van der Waals surface area (Å²) in [5.74, 6) is 0.248. The zero-order valence-electron chi connectivity index (χ0n) is 9.45. The highest BCUT2D eigenvalue weighted by atomic mass is 79.9. The van der Waals surface area contributed by atoms with Gasteiger partial charge >= 0.3 is 0 Å². The van der Waals surface area contributed by atoms with Gasteiger partial charge in [-0.05, 0) is 41.0 Å². The normalized spacial score (nSPS) is 16.2. The van der Waals surface area contributed by atoms with Crippen LogP contribution in [0.4, 0.5) is 0 Å². The molecule has 1 aromatic heterocycles. The van der Waals surface area contributed by atoms with Gasteiger partial charge in [-0.1, -0.05) is 0 Å². The number of nitrogens with zero attached hydrogens (tertiary/aromatic N) is 1. The molecule has 1 aromatic rings. The fourth-order valence-electron chi connectivity index (χ4n) is 1.80. The zero-order chi connectivity index (χ0) is 11.4. The molecule has 0 spiro atoms. The van der Waals surface area contributed by atoms with E-state index in [0.29, 0.717) is 6.42 Å². The lowest BCUT2D eigenvalue weighted by Gasteiger charge is -2.19. The number of carbonyl (C=O) groups is 1. The molecule has 0 saturated carbocycles. The fourth-order valence-corrected chi connectivity index (χ4v) is 3.28. The Bertz CT molecular complexity index is 364. The molecule has 0 aromatic carbocycles. The molecule has 2 rings (SSSR count). The number of hydrogen-bond donors (Lipinski definition) is 1. The number of hydrogen-bond acceptors (Lipinski definition) is 3. The van der Waals surface area contributed by atoms with Crippen molar-refractivity contribution in [1.82, 2.24) is 10.2 Å². The summed E-state index contributed by atoms with van der Waals surface area (Å²) in [4.78, 5) is 15.1. The Kier molecular flexibility index (Phi) is 6.48. The van der Waals surface area contributed by atoms with Crippen LogP contribution < -0.4 is 5.32 Å². The highest BCUT2D eigenvalue weighted by Crippen LogP contribution is 2.22. The summed E-state index contributed by atoms with van der Waals surface area (Å²) in [6.45, 7) is 3.66. The van der Waals surface area contributed by atoms with Gasteiger partial charge in [0.15, 0.2) is 0 Å². The number of rotatable bonds is 2. The van der Waals surface area contributed by atoms with Crippen molar-refractivity contribution in [2.45, 2.75) is 12.8 Å². The van der Waals surface area contributed by atoms with E-state index in [4.69, 9.17) is 0 Å². The van der Waals surface area contributed by atoms with Gasteiger partial charge in [0.1, 0.15) is 0 Å². The number of nitrogens with one attached hydrogen (secondary N) is 1. The van der Waals surface area contributed by atoms with Crippen molar-refractivity contribution < 1.29 is 4.79 Å². The lowest BCUT2D eigenvalue weighted by molar-refractivity contribution is -0.130. The predicted molar refractivity (Wildman–Crippen MR) is 77.0 cm³/mol. The second-order valence-corrected chi connectivity index (χ2v) is 6.41. The van der Waals surface area contributed by atoms with Crippen molar-refractivity contribution in [3.63, 3.8) is 0 Å². The van der Waals surface area contributed by atoms with Gasteiger partial charge < -0.3 is 10.2 Å². The van der Waals surface area contributed by atoms with E-state index in [9.17, 15) is 4.79 Å². The third kappa shape index (κ3) is 4.58. The molecule has 0 bridgehead atoms. The first kappa shape index (κ1) is 15.0. The van der Waals surface area contributed by atoms with Gasteiger partial charge in [0, 0.05) is 24.5 Å². The molecule has 96 valence electrons. The van der Waals surface area contributed by atoms with E-state index in [0.717, 1.165) is 41.3 Å². The highest BCUT2D eigenvalue weighted by Gasteiger charge is 2.16. The van der Waals surface area contributed by atoms with Crippen molar-refractivity contribution in [2.75, 3.05) is 26.2 Å². The molecule has 3 nitrogen and oxygen atoms in total. The summed E-state index contributed by atoms with van der Waals surface area (Å²) in [6, 6.07) is 4.01. The molecule has 0 aliphatic carbocycles. The largest absolute Gasteiger partial charge is 0.341 e. The van der Waals surface area contributed by atoms with Gasteiger partial charge in [0.2, 0.25) is 5.91 Å². The molecule has 0 atom stereocenters. The lowest BCUT2D eigenvalue weighted by atomic mass is 10.3. The summed E-state index contributed by atoms with van der Waals surface area (Å²) in [7, 11) is 0. The van der Waals surface area contributed by atoms with Gasteiger partial charge in [-0.25, -0.2) is 0 Å². The number of amides is 1. The van der Waals surface area contributed by atoms with Crippen LogP contribution in [-0.4, -0.2) is 37.0 Å². The molecule has 1 saturated heterocycles. The molecule has 6 heteroatoms. The maximum absolute atomic E-state index is 12.0. The second kappa shape index (κ2) is 7.36. The second-order valence-electron chi connectivity index (χ2n) is 3.87. The van der Waals surface area contributed by atoms with E-state index < -0.39 is 0 Å². The Morgan fingerprint density at radius 3 is 2.94 bits per heavy atom. The van der Waals surface area contributed by atoms with Crippen LogP contribution in [0, 0.1) is 0 Å². The summed E-state index contributed by atoms with van der Waals surface area (Å²) in [5, 5.41) is 3.30. The van der Waals surface area contributed by atoms with E-state index in [1.807, 2.05) is 17.0 Å². The Hall–Kier alpha value is -0.100. The van der Waals surface area contributed by atoms with Crippen LogP contribution in [-0.2, 0) is 11.2 Å². The standard InChI is InChI=1S/C11H15BrN2OS.ClH/c12-10-3-2-9(16-10)8-11(15)14-6-1-4-13-5-7-14;/h2-3,13H,1,4-8H2;1H. The molecule has 0 unspecified atom stereocenters. The average Bonchev–Trinajstić information content (AvgIpc) is 2.56. The lowest BCUT2D eigenvalue weighted by Crippen LogP contribution is -2.35. The van der Waals surface area contributed by atoms with E-state index in [-0.39, 0.29) is 18.3 Å². The minimum atomic E-state index is 0. The topological polar surface area (TPSA) is 32.3 Å². The fraction of sp³-hybridized carbons (Fsp3) is 0.545. The summed E-state index contributed by atoms with van der Waals surface area (Å²) in [5.41, 5.74) is 0. The van der Waals surface area contributed by atoms with Crippen LogP contribution in [0.2, 0.25) is 0 Å². The van der Waals surface area contributed by atoms with Crippen molar-refractivity contribution in [3.05, 3.63) is 20.8 Å². The molecule has 17 heavy (non-hydrogen) atoms. The molecule has 1 amide bonds. The minimum absolute atomic E-state index is 0. The summed E-state index contributed by atoms with van der Waals surface area (Å²) < 4.78 is 1.09. The van der Waals surface area contributed by atoms with Crippen LogP contribution in [0.1, 0.15) is 11.3 Å². The Labute approximate surface area is 120 Å². The number of halogens is 2. The quantitative estimate of drug-likeness (QED) is 0.896. The smallest absolute Gasteiger partial charge is 0.227 e. The van der Waals surface area contributed by atoms with E-state index in [1.54, 1.807) is 11.3 Å². The predicted octanol–water partition coefficient (Wildman–Crippen LogP) is 2.30. The van der Waals surface area contributed by atoms with E-state index >= 15 is 0 Å². The van der Waals surface area contributed by atoms with Crippen molar-refractivity contribution in [1.29, 1.82) is 0 Å². The van der Waals surface area contributed by atoms with Gasteiger partial charge in [0.25, 0.3) is 0 Å². The monoisotopic (exact) mass is 338 g/mol. The minimum Gasteiger partial charge on any atom is -0.341 e. The maximum Gasteiger partial charge on any atom is 0.227 e. The first-order valence-corrected chi connectivity index (χ1v) is 7.09. The molecular formula is C11H16BrClN2OS. The van der Waals surface area contributed by atoms with Gasteiger partial charge in [-0.2, -0.15) is 0 Å². The molecule has 1 aliphatic rings. The molecular weight excluding hydrogens is 324 g/mol. The summed E-state index contributed by atoms with van der Waals surface area (Å²) in [6.07, 6.45) is 1.59. The molecule has 1 N–H and O–H groups in total. The van der Waals surface area contributed by atoms with Crippen molar-refractivity contribution in [2.24, 2.45) is 0 Å². The van der Waals surface area contributed by atoms with E-state index in [1.165, 1.54) is 0 Å². The summed E-state index contributed by atoms with van der Waals surface area (Å²) >= 11 is 5.05. The van der Waals surface area contributed by atoms with Gasteiger partial charge in [-0.15, -0.1) is 23.7 Å². The zero-order valence-corrected chi connectivity index (χ0v) is 12.7. The van der Waals surface area contributed by atoms with Crippen LogP contribution in [0.25, 0.3) is 0 Å². The van der Waals surface area contributed by atoms with Crippen LogP contribution in [0.3, 0.4) is 0 Å². The molecule has 0 radical (unpaired) electrons. The Morgan fingerprint density at radius 1 is 1.41 bits per heavy atom. The molecule has 2 heterocycles. The average molecular weight is 340 g/mol. The Balaban J connectivity index is 0.00000144. The van der Waals surface area contributed by atoms with Crippen LogP contribution in [0.5, 0.6) is 0 Å². The highest BCUT2D eigenvalue weighted by molar-refractivity contribution is 9.11. The van der Waals surface area contributed by atoms with Gasteiger partial charge in [0.05, 0.1) is 10.2 Å². The Morgan fingerprint density at radius 2 is 2.24 bits per heavy atom. The molecule has 1 fully saturated rings. The number of carbonyl (C=O) groups excluding carboxylic acids is 1. The SMILES string of the molecule is Cl.O=C(Cc1ccc(Br)s1)N1CCCNCC1. The van der Waals surface area contributed by atoms with Gasteiger partial charge in [-0.3, -0.25) is 4.79 Å². The van der Waals surface area contributed by atoms with E-state index in [2.05, 4.69) is 21.2 Å². The third-order valence-electron chi connectivity index (χ3n) is 2.65. The molecule has 1 aliphatic heterocycles. The first-order chi connectivity index (χ1) is 7.75. The van der Waals surface area contributed by atoms with Crippen LogP contribution in [0.15, 0.2) is 15.9 Å². The van der Waals surface area contributed by atoms with Crippen molar-refractivity contribution in [3.8, 4) is 0 Å². The first-order valence-electron chi connectivity index (χ1n) is 5.48. The van der Waals surface area contributed by atoms with Crippen LogP contribution >= 0.6 is 39.7 Å². The number of thiophene rings is 1. The maximum atomic E-state index is 12.0.